The lowest BCUT2D eigenvalue weighted by molar-refractivity contribution is -0.141. The summed E-state index contributed by atoms with van der Waals surface area (Å²) in [6.45, 7) is 3.80. The van der Waals surface area contributed by atoms with Crippen LogP contribution in [0.25, 0.3) is 11.0 Å². The molecule has 1 saturated heterocycles. The lowest BCUT2D eigenvalue weighted by Gasteiger charge is -2.17. The summed E-state index contributed by atoms with van der Waals surface area (Å²) in [7, 11) is 1.94. The SMILES string of the molecule is Cc1cnc2c(c1)c(C(=O)N1CC[C@H](C(=O)O)C1)c(CCCCOCc1cccc(Cl)c1)n2C. The van der Waals surface area contributed by atoms with Crippen LogP contribution in [0.4, 0.5) is 0 Å². The lowest BCUT2D eigenvalue weighted by atomic mass is 10.1. The van der Waals surface area contributed by atoms with Crippen molar-refractivity contribution in [2.24, 2.45) is 13.0 Å². The van der Waals surface area contributed by atoms with E-state index < -0.39 is 11.9 Å². The molecular weight excluding hydrogens is 454 g/mol. The fourth-order valence-corrected chi connectivity index (χ4v) is 4.83. The molecule has 34 heavy (non-hydrogen) atoms. The standard InChI is InChI=1S/C26H30ClN3O4/c1-17-12-21-23(25(31)30-10-9-19(15-30)26(32)33)22(29(2)24(21)28-14-17)8-3-4-11-34-16-18-6-5-7-20(27)13-18/h5-7,12-14,19H,3-4,8-11,15-16H2,1-2H3,(H,32,33)/t19-/m0/s1. The number of pyridine rings is 1. The first-order valence-electron chi connectivity index (χ1n) is 11.6. The van der Waals surface area contributed by atoms with Crippen molar-refractivity contribution in [1.82, 2.24) is 14.5 Å². The smallest absolute Gasteiger partial charge is 0.308 e. The number of carbonyl (C=O) groups is 2. The Balaban J connectivity index is 1.45. The van der Waals surface area contributed by atoms with Crippen LogP contribution in [0.3, 0.4) is 0 Å². The molecule has 1 amide bonds. The van der Waals surface area contributed by atoms with Gasteiger partial charge in [0.05, 0.1) is 18.1 Å². The van der Waals surface area contributed by atoms with E-state index in [0.29, 0.717) is 43.2 Å². The van der Waals surface area contributed by atoms with Crippen LogP contribution in [0.5, 0.6) is 0 Å². The van der Waals surface area contributed by atoms with Crippen LogP contribution in [-0.4, -0.2) is 51.1 Å². The number of carbonyl (C=O) groups excluding carboxylic acids is 1. The van der Waals surface area contributed by atoms with Crippen molar-refractivity contribution in [3.63, 3.8) is 0 Å². The molecule has 0 saturated carbocycles. The molecule has 1 aromatic carbocycles. The number of likely N-dealkylation sites (tertiary alicyclic amines) is 1. The molecule has 1 N–H and O–H groups in total. The highest BCUT2D eigenvalue weighted by atomic mass is 35.5. The minimum absolute atomic E-state index is 0.103. The Labute approximate surface area is 204 Å². The van der Waals surface area contributed by atoms with Crippen molar-refractivity contribution >= 4 is 34.5 Å². The molecule has 0 aliphatic carbocycles. The van der Waals surface area contributed by atoms with Crippen molar-refractivity contribution in [2.45, 2.75) is 39.2 Å². The fourth-order valence-electron chi connectivity index (χ4n) is 4.61. The fraction of sp³-hybridized carbons (Fsp3) is 0.423. The molecule has 4 rings (SSSR count). The van der Waals surface area contributed by atoms with Crippen LogP contribution in [0.1, 0.15) is 46.4 Å². The van der Waals surface area contributed by atoms with E-state index in [-0.39, 0.29) is 12.5 Å². The third-order valence-electron chi connectivity index (χ3n) is 6.43. The van der Waals surface area contributed by atoms with Crippen molar-refractivity contribution < 1.29 is 19.4 Å². The third kappa shape index (κ3) is 5.26. The van der Waals surface area contributed by atoms with Gasteiger partial charge >= 0.3 is 5.97 Å². The van der Waals surface area contributed by atoms with Gasteiger partial charge in [0, 0.05) is 49.0 Å². The second-order valence-electron chi connectivity index (χ2n) is 8.98. The lowest BCUT2D eigenvalue weighted by Crippen LogP contribution is -2.30. The van der Waals surface area contributed by atoms with E-state index in [0.717, 1.165) is 40.7 Å². The minimum atomic E-state index is -0.844. The Morgan fingerprint density at radius 1 is 1.26 bits per heavy atom. The number of aromatic nitrogens is 2. The van der Waals surface area contributed by atoms with Gasteiger partial charge in [-0.15, -0.1) is 0 Å². The van der Waals surface area contributed by atoms with E-state index in [1.165, 1.54) is 0 Å². The van der Waals surface area contributed by atoms with Gasteiger partial charge in [0.25, 0.3) is 5.91 Å². The molecule has 3 heterocycles. The third-order valence-corrected chi connectivity index (χ3v) is 6.67. The minimum Gasteiger partial charge on any atom is -0.481 e. The highest BCUT2D eigenvalue weighted by molar-refractivity contribution is 6.30. The number of fused-ring (bicyclic) bond motifs is 1. The molecule has 0 radical (unpaired) electrons. The van der Waals surface area contributed by atoms with E-state index in [9.17, 15) is 14.7 Å². The molecule has 8 heteroatoms. The largest absolute Gasteiger partial charge is 0.481 e. The zero-order valence-electron chi connectivity index (χ0n) is 19.6. The summed E-state index contributed by atoms with van der Waals surface area (Å²) in [5, 5.41) is 10.9. The number of aliphatic carboxylic acids is 1. The number of carboxylic acid groups (broad SMARTS) is 1. The van der Waals surface area contributed by atoms with Gasteiger partial charge in [-0.3, -0.25) is 9.59 Å². The van der Waals surface area contributed by atoms with Gasteiger partial charge in [-0.25, -0.2) is 4.98 Å². The number of nitrogens with zero attached hydrogens (tertiary/aromatic N) is 3. The Morgan fingerprint density at radius 2 is 2.09 bits per heavy atom. The molecule has 1 aliphatic heterocycles. The first kappa shape index (κ1) is 24.2. The van der Waals surface area contributed by atoms with E-state index in [1.54, 1.807) is 11.1 Å². The van der Waals surface area contributed by atoms with E-state index in [2.05, 4.69) is 4.98 Å². The predicted molar refractivity (Wildman–Crippen MR) is 131 cm³/mol. The second kappa shape index (κ2) is 10.6. The van der Waals surface area contributed by atoms with Crippen molar-refractivity contribution in [2.75, 3.05) is 19.7 Å². The van der Waals surface area contributed by atoms with Gasteiger partial charge in [0.1, 0.15) is 5.65 Å². The molecular formula is C26H30ClN3O4. The Morgan fingerprint density at radius 3 is 2.82 bits per heavy atom. The summed E-state index contributed by atoms with van der Waals surface area (Å²) in [5.74, 6) is -1.45. The molecule has 180 valence electrons. The number of carboxylic acids is 1. The Bertz CT molecular complexity index is 1210. The maximum Gasteiger partial charge on any atom is 0.308 e. The monoisotopic (exact) mass is 483 g/mol. The zero-order chi connectivity index (χ0) is 24.2. The average Bonchev–Trinajstić information content (AvgIpc) is 3.40. The first-order valence-corrected chi connectivity index (χ1v) is 12.0. The summed E-state index contributed by atoms with van der Waals surface area (Å²) >= 11 is 6.02. The van der Waals surface area contributed by atoms with E-state index in [1.807, 2.05) is 48.9 Å². The number of aryl methyl sites for hydroxylation is 2. The van der Waals surface area contributed by atoms with Crippen LogP contribution in [0, 0.1) is 12.8 Å². The van der Waals surface area contributed by atoms with Crippen LogP contribution < -0.4 is 0 Å². The van der Waals surface area contributed by atoms with Gasteiger partial charge in [0.2, 0.25) is 0 Å². The van der Waals surface area contributed by atoms with E-state index in [4.69, 9.17) is 16.3 Å². The highest BCUT2D eigenvalue weighted by Gasteiger charge is 2.34. The van der Waals surface area contributed by atoms with Crippen LogP contribution in [0.2, 0.25) is 5.02 Å². The van der Waals surface area contributed by atoms with Gasteiger partial charge in [-0.2, -0.15) is 0 Å². The summed E-state index contributed by atoms with van der Waals surface area (Å²) in [5.41, 5.74) is 4.39. The maximum absolute atomic E-state index is 13.6. The maximum atomic E-state index is 13.6. The molecule has 3 aromatic rings. The summed E-state index contributed by atoms with van der Waals surface area (Å²) in [6, 6.07) is 9.64. The van der Waals surface area contributed by atoms with Gasteiger partial charge < -0.3 is 19.3 Å². The van der Waals surface area contributed by atoms with E-state index >= 15 is 0 Å². The molecule has 0 bridgehead atoms. The quantitative estimate of drug-likeness (QED) is 0.449. The molecule has 1 atom stereocenters. The highest BCUT2D eigenvalue weighted by Crippen LogP contribution is 2.29. The number of rotatable bonds is 9. The molecule has 1 aliphatic rings. The van der Waals surface area contributed by atoms with Crippen LogP contribution in [-0.2, 0) is 29.6 Å². The summed E-state index contributed by atoms with van der Waals surface area (Å²) in [4.78, 5) is 31.2. The summed E-state index contributed by atoms with van der Waals surface area (Å²) < 4.78 is 7.80. The second-order valence-corrected chi connectivity index (χ2v) is 9.42. The number of unbranched alkanes of at least 4 members (excludes halogenated alkanes) is 1. The van der Waals surface area contributed by atoms with Crippen LogP contribution >= 0.6 is 11.6 Å². The Kier molecular flexibility index (Phi) is 7.54. The topological polar surface area (TPSA) is 84.7 Å². The van der Waals surface area contributed by atoms with Gasteiger partial charge in [0.15, 0.2) is 0 Å². The summed E-state index contributed by atoms with van der Waals surface area (Å²) in [6.07, 6.45) is 4.72. The zero-order valence-corrected chi connectivity index (χ0v) is 20.3. The van der Waals surface area contributed by atoms with Gasteiger partial charge in [-0.1, -0.05) is 23.7 Å². The number of benzene rings is 1. The van der Waals surface area contributed by atoms with Crippen LogP contribution in [0.15, 0.2) is 36.5 Å². The molecule has 7 nitrogen and oxygen atoms in total. The molecule has 0 unspecified atom stereocenters. The average molecular weight is 484 g/mol. The number of amides is 1. The Hall–Kier alpha value is -2.90. The number of hydrogen-bond donors (Lipinski definition) is 1. The normalized spacial score (nSPS) is 15.9. The number of halogens is 1. The first-order chi connectivity index (χ1) is 16.3. The van der Waals surface area contributed by atoms with Crippen molar-refractivity contribution in [3.05, 3.63) is 63.9 Å². The number of hydrogen-bond acceptors (Lipinski definition) is 4. The van der Waals surface area contributed by atoms with Crippen molar-refractivity contribution in [1.29, 1.82) is 0 Å². The molecule has 1 fully saturated rings. The molecule has 0 spiro atoms. The molecule has 2 aromatic heterocycles. The predicted octanol–water partition coefficient (Wildman–Crippen LogP) is 4.62. The van der Waals surface area contributed by atoms with Crippen molar-refractivity contribution in [3.8, 4) is 0 Å². The number of ether oxygens (including phenoxy) is 1. The van der Waals surface area contributed by atoms with Gasteiger partial charge in [-0.05, 0) is 61.9 Å².